The van der Waals surface area contributed by atoms with Crippen molar-refractivity contribution in [3.8, 4) is 0 Å². The molecule has 0 aliphatic heterocycles. The van der Waals surface area contributed by atoms with E-state index in [2.05, 4.69) is 34.2 Å². The maximum absolute atomic E-state index is 5.91. The summed E-state index contributed by atoms with van der Waals surface area (Å²) in [4.78, 5) is 0. The molecule has 0 heterocycles. The normalized spacial score (nSPS) is 18.2. The molecule has 1 aromatic rings. The van der Waals surface area contributed by atoms with Crippen molar-refractivity contribution >= 4 is 27.5 Å². The summed E-state index contributed by atoms with van der Waals surface area (Å²) < 4.78 is 1.09. The Hall–Kier alpha value is -0.0500. The Morgan fingerprint density at radius 3 is 2.81 bits per heavy atom. The zero-order chi connectivity index (χ0) is 11.5. The Kier molecular flexibility index (Phi) is 4.28. The van der Waals surface area contributed by atoms with E-state index in [1.165, 1.54) is 24.8 Å². The molecule has 88 valence electrons. The molecular weight excluding hydrogens is 286 g/mol. The largest absolute Gasteiger partial charge is 0.310 e. The molecule has 1 fully saturated rings. The van der Waals surface area contributed by atoms with Gasteiger partial charge in [-0.2, -0.15) is 0 Å². The quantitative estimate of drug-likeness (QED) is 0.870. The van der Waals surface area contributed by atoms with Crippen LogP contribution in [0.2, 0.25) is 5.02 Å². The second-order valence-electron chi connectivity index (χ2n) is 4.60. The molecule has 0 amide bonds. The standard InChI is InChI=1S/C13H17BrClN/c1-9(10-3-2-4-10)16-8-11-5-6-12(15)7-13(11)14/h5-7,9-10,16H,2-4,8H2,1H3. The molecule has 0 spiro atoms. The van der Waals surface area contributed by atoms with E-state index in [0.717, 1.165) is 22.0 Å². The first-order valence-electron chi connectivity index (χ1n) is 5.84. The molecule has 1 atom stereocenters. The number of rotatable bonds is 4. The van der Waals surface area contributed by atoms with Crippen LogP contribution in [0.3, 0.4) is 0 Å². The SMILES string of the molecule is CC(NCc1ccc(Cl)cc1Br)C1CCC1. The Labute approximate surface area is 111 Å². The Balaban J connectivity index is 1.88. The minimum absolute atomic E-state index is 0.622. The molecule has 2 rings (SSSR count). The second-order valence-corrected chi connectivity index (χ2v) is 5.89. The van der Waals surface area contributed by atoms with E-state index < -0.39 is 0 Å². The molecule has 1 aromatic carbocycles. The van der Waals surface area contributed by atoms with Crippen LogP contribution in [-0.2, 0) is 6.54 Å². The van der Waals surface area contributed by atoms with Gasteiger partial charge >= 0.3 is 0 Å². The lowest BCUT2D eigenvalue weighted by Gasteiger charge is -2.32. The van der Waals surface area contributed by atoms with Crippen molar-refractivity contribution in [1.82, 2.24) is 5.32 Å². The highest BCUT2D eigenvalue weighted by molar-refractivity contribution is 9.10. The van der Waals surface area contributed by atoms with Gasteiger partial charge in [0.2, 0.25) is 0 Å². The topological polar surface area (TPSA) is 12.0 Å². The van der Waals surface area contributed by atoms with E-state index in [0.29, 0.717) is 6.04 Å². The van der Waals surface area contributed by atoms with Crippen molar-refractivity contribution in [1.29, 1.82) is 0 Å². The first kappa shape index (κ1) is 12.4. The lowest BCUT2D eigenvalue weighted by molar-refractivity contribution is 0.240. The predicted molar refractivity (Wildman–Crippen MR) is 72.8 cm³/mol. The molecule has 3 heteroatoms. The minimum Gasteiger partial charge on any atom is -0.310 e. The summed E-state index contributed by atoms with van der Waals surface area (Å²) in [5.74, 6) is 0.881. The second kappa shape index (κ2) is 5.52. The van der Waals surface area contributed by atoms with Crippen molar-refractivity contribution in [3.63, 3.8) is 0 Å². The molecule has 1 nitrogen and oxygen atoms in total. The number of hydrogen-bond donors (Lipinski definition) is 1. The van der Waals surface area contributed by atoms with Crippen LogP contribution in [-0.4, -0.2) is 6.04 Å². The molecule has 16 heavy (non-hydrogen) atoms. The first-order valence-corrected chi connectivity index (χ1v) is 7.01. The van der Waals surface area contributed by atoms with Crippen LogP contribution in [0.4, 0.5) is 0 Å². The number of benzene rings is 1. The van der Waals surface area contributed by atoms with E-state index in [1.54, 1.807) is 0 Å². The minimum atomic E-state index is 0.622. The van der Waals surface area contributed by atoms with Gasteiger partial charge in [-0.25, -0.2) is 0 Å². The lowest BCUT2D eigenvalue weighted by atomic mass is 9.80. The molecule has 0 bridgehead atoms. The summed E-state index contributed by atoms with van der Waals surface area (Å²) >= 11 is 9.45. The van der Waals surface area contributed by atoms with Crippen molar-refractivity contribution < 1.29 is 0 Å². The zero-order valence-corrected chi connectivity index (χ0v) is 11.8. The van der Waals surface area contributed by atoms with E-state index in [4.69, 9.17) is 11.6 Å². The lowest BCUT2D eigenvalue weighted by Crippen LogP contribution is -2.36. The molecule has 1 unspecified atom stereocenters. The smallest absolute Gasteiger partial charge is 0.0417 e. The van der Waals surface area contributed by atoms with E-state index in [1.807, 2.05) is 12.1 Å². The van der Waals surface area contributed by atoms with Crippen LogP contribution in [0.25, 0.3) is 0 Å². The van der Waals surface area contributed by atoms with Crippen molar-refractivity contribution in [3.05, 3.63) is 33.3 Å². The average Bonchev–Trinajstić information content (AvgIpc) is 2.13. The van der Waals surface area contributed by atoms with Gasteiger partial charge in [0.25, 0.3) is 0 Å². The zero-order valence-electron chi connectivity index (χ0n) is 9.47. The molecule has 1 saturated carbocycles. The summed E-state index contributed by atoms with van der Waals surface area (Å²) in [6.07, 6.45) is 4.17. The van der Waals surface area contributed by atoms with Gasteiger partial charge in [0.1, 0.15) is 0 Å². The van der Waals surface area contributed by atoms with Crippen molar-refractivity contribution in [2.24, 2.45) is 5.92 Å². The van der Waals surface area contributed by atoms with Crippen molar-refractivity contribution in [2.45, 2.75) is 38.8 Å². The van der Waals surface area contributed by atoms with Gasteiger partial charge in [-0.1, -0.05) is 40.0 Å². The molecule has 1 aliphatic carbocycles. The highest BCUT2D eigenvalue weighted by Gasteiger charge is 2.23. The monoisotopic (exact) mass is 301 g/mol. The van der Waals surface area contributed by atoms with Gasteiger partial charge in [-0.05, 0) is 43.4 Å². The van der Waals surface area contributed by atoms with Crippen LogP contribution in [0.1, 0.15) is 31.7 Å². The molecular formula is C13H17BrClN. The Bertz CT molecular complexity index is 363. The van der Waals surface area contributed by atoms with Gasteiger partial charge in [0.15, 0.2) is 0 Å². The predicted octanol–water partition coefficient (Wildman–Crippen LogP) is 4.38. The van der Waals surface area contributed by atoms with E-state index in [9.17, 15) is 0 Å². The highest BCUT2D eigenvalue weighted by atomic mass is 79.9. The maximum atomic E-state index is 5.91. The van der Waals surface area contributed by atoms with Gasteiger partial charge in [0.05, 0.1) is 0 Å². The first-order chi connectivity index (χ1) is 7.66. The van der Waals surface area contributed by atoms with E-state index >= 15 is 0 Å². The van der Waals surface area contributed by atoms with Gasteiger partial charge in [-0.3, -0.25) is 0 Å². The highest BCUT2D eigenvalue weighted by Crippen LogP contribution is 2.29. The van der Waals surface area contributed by atoms with Crippen LogP contribution >= 0.6 is 27.5 Å². The molecule has 0 saturated heterocycles. The number of nitrogens with one attached hydrogen (secondary N) is 1. The fraction of sp³-hybridized carbons (Fsp3) is 0.538. The van der Waals surface area contributed by atoms with Crippen LogP contribution in [0.5, 0.6) is 0 Å². The summed E-state index contributed by atoms with van der Waals surface area (Å²) in [5.41, 5.74) is 1.27. The Morgan fingerprint density at radius 1 is 1.50 bits per heavy atom. The van der Waals surface area contributed by atoms with Crippen LogP contribution in [0, 0.1) is 5.92 Å². The van der Waals surface area contributed by atoms with Gasteiger partial charge < -0.3 is 5.32 Å². The third kappa shape index (κ3) is 2.99. The Morgan fingerprint density at radius 2 is 2.25 bits per heavy atom. The third-order valence-electron chi connectivity index (χ3n) is 3.49. The van der Waals surface area contributed by atoms with Crippen LogP contribution in [0.15, 0.2) is 22.7 Å². The van der Waals surface area contributed by atoms with Crippen LogP contribution < -0.4 is 5.32 Å². The van der Waals surface area contributed by atoms with E-state index in [-0.39, 0.29) is 0 Å². The average molecular weight is 303 g/mol. The fourth-order valence-electron chi connectivity index (χ4n) is 2.04. The maximum Gasteiger partial charge on any atom is 0.0417 e. The summed E-state index contributed by atoms with van der Waals surface area (Å²) in [7, 11) is 0. The summed E-state index contributed by atoms with van der Waals surface area (Å²) in [5, 5.41) is 4.37. The third-order valence-corrected chi connectivity index (χ3v) is 4.46. The number of halogens is 2. The van der Waals surface area contributed by atoms with Gasteiger partial charge in [0, 0.05) is 22.1 Å². The molecule has 1 aliphatic rings. The fourth-order valence-corrected chi connectivity index (χ4v) is 2.87. The molecule has 0 radical (unpaired) electrons. The summed E-state index contributed by atoms with van der Waals surface area (Å²) in [6, 6.07) is 6.59. The summed E-state index contributed by atoms with van der Waals surface area (Å²) in [6.45, 7) is 3.20. The molecule has 0 aromatic heterocycles. The number of hydrogen-bond acceptors (Lipinski definition) is 1. The van der Waals surface area contributed by atoms with Gasteiger partial charge in [-0.15, -0.1) is 0 Å². The molecule has 1 N–H and O–H groups in total. The van der Waals surface area contributed by atoms with Crippen molar-refractivity contribution in [2.75, 3.05) is 0 Å².